The fourth-order valence-electron chi connectivity index (χ4n) is 1.70. The lowest BCUT2D eigenvalue weighted by Gasteiger charge is -2.08. The van der Waals surface area contributed by atoms with E-state index in [4.69, 9.17) is 5.11 Å². The van der Waals surface area contributed by atoms with E-state index in [0.29, 0.717) is 27.6 Å². The monoisotopic (exact) mass is 359 g/mol. The van der Waals surface area contributed by atoms with E-state index in [-0.39, 0.29) is 5.75 Å². The van der Waals surface area contributed by atoms with Crippen LogP contribution in [0.3, 0.4) is 0 Å². The highest BCUT2D eigenvalue weighted by Crippen LogP contribution is 2.31. The minimum Gasteiger partial charge on any atom is -0.481 e. The maximum absolute atomic E-state index is 14.0. The summed E-state index contributed by atoms with van der Waals surface area (Å²) in [5.41, 5.74) is 0.323. The standard InChI is InChI=1S/C12H11BrFN3O2S/c1-2-17-11(10-7(13)4-3-5-8(10)14)15-16-12(17)20-6-9(18)19/h3-5H,2,6H2,1H3,(H,18,19). The predicted molar refractivity (Wildman–Crippen MR) is 77.1 cm³/mol. The fourth-order valence-corrected chi connectivity index (χ4v) is 2.95. The summed E-state index contributed by atoms with van der Waals surface area (Å²) in [5.74, 6) is -1.08. The third-order valence-electron chi connectivity index (χ3n) is 2.54. The van der Waals surface area contributed by atoms with Gasteiger partial charge >= 0.3 is 5.97 Å². The Morgan fingerprint density at radius 1 is 1.50 bits per heavy atom. The van der Waals surface area contributed by atoms with Crippen LogP contribution in [0.5, 0.6) is 0 Å². The first-order chi connectivity index (χ1) is 9.54. The zero-order valence-corrected chi connectivity index (χ0v) is 12.9. The fraction of sp³-hybridized carbons (Fsp3) is 0.250. The summed E-state index contributed by atoms with van der Waals surface area (Å²) in [5, 5.41) is 17.1. The van der Waals surface area contributed by atoms with Crippen molar-refractivity contribution in [1.29, 1.82) is 0 Å². The molecule has 2 rings (SSSR count). The quantitative estimate of drug-likeness (QED) is 0.831. The first-order valence-electron chi connectivity index (χ1n) is 5.76. The molecule has 1 aromatic heterocycles. The summed E-state index contributed by atoms with van der Waals surface area (Å²) >= 11 is 4.36. The number of carbonyl (C=O) groups is 1. The van der Waals surface area contributed by atoms with Crippen molar-refractivity contribution in [2.24, 2.45) is 0 Å². The average molecular weight is 360 g/mol. The molecule has 5 nitrogen and oxygen atoms in total. The molecular formula is C12H11BrFN3O2S. The van der Waals surface area contributed by atoms with Gasteiger partial charge in [-0.1, -0.05) is 17.8 Å². The van der Waals surface area contributed by atoms with Gasteiger partial charge in [0.05, 0.1) is 11.3 Å². The molecule has 0 aliphatic rings. The van der Waals surface area contributed by atoms with E-state index in [2.05, 4.69) is 26.1 Å². The minimum absolute atomic E-state index is 0.115. The predicted octanol–water partition coefficient (Wildman–Crippen LogP) is 3.04. The number of halogens is 2. The van der Waals surface area contributed by atoms with Crippen LogP contribution < -0.4 is 0 Å². The van der Waals surface area contributed by atoms with Gasteiger partial charge in [-0.15, -0.1) is 10.2 Å². The van der Waals surface area contributed by atoms with Crippen LogP contribution >= 0.6 is 27.7 Å². The molecule has 0 saturated carbocycles. The second-order valence-electron chi connectivity index (χ2n) is 3.83. The summed E-state index contributed by atoms with van der Waals surface area (Å²) in [6, 6.07) is 4.66. The van der Waals surface area contributed by atoms with Gasteiger partial charge in [-0.3, -0.25) is 4.79 Å². The molecule has 8 heteroatoms. The van der Waals surface area contributed by atoms with Crippen molar-refractivity contribution >= 4 is 33.7 Å². The molecule has 0 bridgehead atoms. The van der Waals surface area contributed by atoms with E-state index >= 15 is 0 Å². The van der Waals surface area contributed by atoms with Crippen molar-refractivity contribution in [3.05, 3.63) is 28.5 Å². The number of carboxylic acids is 1. The average Bonchev–Trinajstić information content (AvgIpc) is 2.79. The molecule has 0 radical (unpaired) electrons. The molecule has 1 N–H and O–H groups in total. The van der Waals surface area contributed by atoms with Gasteiger partial charge < -0.3 is 9.67 Å². The lowest BCUT2D eigenvalue weighted by Crippen LogP contribution is -2.04. The molecule has 0 aliphatic heterocycles. The van der Waals surface area contributed by atoms with Crippen molar-refractivity contribution in [2.75, 3.05) is 5.75 Å². The number of nitrogens with zero attached hydrogens (tertiary/aromatic N) is 3. The third-order valence-corrected chi connectivity index (χ3v) is 4.16. The van der Waals surface area contributed by atoms with Crippen LogP contribution in [-0.4, -0.2) is 31.6 Å². The number of rotatable bonds is 5. The van der Waals surface area contributed by atoms with E-state index in [1.807, 2.05) is 6.92 Å². The van der Waals surface area contributed by atoms with E-state index in [1.54, 1.807) is 16.7 Å². The Balaban J connectivity index is 2.45. The van der Waals surface area contributed by atoms with Crippen LogP contribution in [-0.2, 0) is 11.3 Å². The van der Waals surface area contributed by atoms with Crippen LogP contribution in [0.2, 0.25) is 0 Å². The molecular weight excluding hydrogens is 349 g/mol. The molecule has 1 aromatic carbocycles. The Hall–Kier alpha value is -1.41. The molecule has 0 saturated heterocycles. The number of hydrogen-bond acceptors (Lipinski definition) is 4. The Bertz CT molecular complexity index is 627. The van der Waals surface area contributed by atoms with Crippen molar-refractivity contribution in [1.82, 2.24) is 14.8 Å². The van der Waals surface area contributed by atoms with Crippen molar-refractivity contribution in [3.8, 4) is 11.4 Å². The Morgan fingerprint density at radius 3 is 2.85 bits per heavy atom. The highest BCUT2D eigenvalue weighted by Gasteiger charge is 2.19. The largest absolute Gasteiger partial charge is 0.481 e. The topological polar surface area (TPSA) is 68.0 Å². The van der Waals surface area contributed by atoms with Crippen molar-refractivity contribution in [3.63, 3.8) is 0 Å². The van der Waals surface area contributed by atoms with E-state index in [9.17, 15) is 9.18 Å². The van der Waals surface area contributed by atoms with Crippen LogP contribution in [0.1, 0.15) is 6.92 Å². The first-order valence-corrected chi connectivity index (χ1v) is 7.54. The highest BCUT2D eigenvalue weighted by molar-refractivity contribution is 9.10. The van der Waals surface area contributed by atoms with Gasteiger partial charge in [0.2, 0.25) is 0 Å². The Labute approximate surface area is 127 Å². The van der Waals surface area contributed by atoms with E-state index in [0.717, 1.165) is 11.8 Å². The van der Waals surface area contributed by atoms with Gasteiger partial charge in [0.25, 0.3) is 0 Å². The molecule has 1 heterocycles. The molecule has 0 fully saturated rings. The van der Waals surface area contributed by atoms with Gasteiger partial charge in [-0.25, -0.2) is 4.39 Å². The molecule has 0 unspecified atom stereocenters. The Morgan fingerprint density at radius 2 is 2.25 bits per heavy atom. The molecule has 106 valence electrons. The third kappa shape index (κ3) is 3.01. The number of hydrogen-bond donors (Lipinski definition) is 1. The van der Waals surface area contributed by atoms with E-state index in [1.165, 1.54) is 6.07 Å². The number of thioether (sulfide) groups is 1. The first kappa shape index (κ1) is 15.0. The van der Waals surface area contributed by atoms with Gasteiger partial charge in [0, 0.05) is 11.0 Å². The smallest absolute Gasteiger partial charge is 0.313 e. The van der Waals surface area contributed by atoms with Crippen LogP contribution in [0.25, 0.3) is 11.4 Å². The van der Waals surface area contributed by atoms with Gasteiger partial charge in [0.1, 0.15) is 5.82 Å². The Kier molecular flexibility index (Phi) is 4.77. The summed E-state index contributed by atoms with van der Waals surface area (Å²) in [6.45, 7) is 2.39. The van der Waals surface area contributed by atoms with Crippen LogP contribution in [0.4, 0.5) is 4.39 Å². The number of carboxylic acid groups (broad SMARTS) is 1. The maximum Gasteiger partial charge on any atom is 0.313 e. The summed E-state index contributed by atoms with van der Waals surface area (Å²) in [4.78, 5) is 10.6. The molecule has 0 aliphatic carbocycles. The molecule has 2 aromatic rings. The zero-order chi connectivity index (χ0) is 14.7. The van der Waals surface area contributed by atoms with Crippen molar-refractivity contribution in [2.45, 2.75) is 18.6 Å². The summed E-state index contributed by atoms with van der Waals surface area (Å²) in [7, 11) is 0. The van der Waals surface area contributed by atoms with Crippen molar-refractivity contribution < 1.29 is 14.3 Å². The molecule has 0 spiro atoms. The van der Waals surface area contributed by atoms with Crippen LogP contribution in [0, 0.1) is 5.82 Å². The summed E-state index contributed by atoms with van der Waals surface area (Å²) in [6.07, 6.45) is 0. The van der Waals surface area contributed by atoms with Gasteiger partial charge in [-0.05, 0) is 35.0 Å². The number of aromatic nitrogens is 3. The second-order valence-corrected chi connectivity index (χ2v) is 5.63. The lowest BCUT2D eigenvalue weighted by molar-refractivity contribution is -0.133. The number of aliphatic carboxylic acids is 1. The molecule has 0 amide bonds. The van der Waals surface area contributed by atoms with Crippen LogP contribution in [0.15, 0.2) is 27.8 Å². The van der Waals surface area contributed by atoms with Gasteiger partial charge in [-0.2, -0.15) is 0 Å². The SMILES string of the molecule is CCn1c(SCC(=O)O)nnc1-c1c(F)cccc1Br. The summed E-state index contributed by atoms with van der Waals surface area (Å²) < 4.78 is 16.2. The van der Waals surface area contributed by atoms with Gasteiger partial charge in [0.15, 0.2) is 11.0 Å². The second kappa shape index (κ2) is 6.36. The molecule has 20 heavy (non-hydrogen) atoms. The maximum atomic E-state index is 14.0. The lowest BCUT2D eigenvalue weighted by atomic mass is 10.2. The molecule has 0 atom stereocenters. The zero-order valence-electron chi connectivity index (χ0n) is 10.5. The van der Waals surface area contributed by atoms with E-state index < -0.39 is 11.8 Å². The normalized spacial score (nSPS) is 10.8. The highest BCUT2D eigenvalue weighted by atomic mass is 79.9. The minimum atomic E-state index is -0.936. The number of benzene rings is 1.